The lowest BCUT2D eigenvalue weighted by molar-refractivity contribution is -0.120. The minimum absolute atomic E-state index is 0.179. The van der Waals surface area contributed by atoms with Crippen LogP contribution < -0.4 is 16.0 Å². The highest BCUT2D eigenvalue weighted by Gasteiger charge is 2.27. The molecule has 0 radical (unpaired) electrons. The number of carbonyl (C=O) groups excluding carboxylic acids is 2. The highest BCUT2D eigenvalue weighted by atomic mass is 16.2. The summed E-state index contributed by atoms with van der Waals surface area (Å²) >= 11 is 0. The molecule has 3 aliphatic rings. The van der Waals surface area contributed by atoms with Crippen LogP contribution >= 0.6 is 0 Å². The highest BCUT2D eigenvalue weighted by molar-refractivity contribution is 6.08. The predicted molar refractivity (Wildman–Crippen MR) is 143 cm³/mol. The molecule has 2 amide bonds. The average molecular weight is 492 g/mol. The second kappa shape index (κ2) is 10.5. The summed E-state index contributed by atoms with van der Waals surface area (Å²) < 4.78 is 2.13. The van der Waals surface area contributed by atoms with Gasteiger partial charge < -0.3 is 16.0 Å². The number of hydrogen-bond acceptors (Lipinski definition) is 6. The van der Waals surface area contributed by atoms with Crippen LogP contribution in [0.4, 0.5) is 5.69 Å². The standard InChI is InChI=1S/C27H37N7O2/c1-18-13-19(2)31-27(36)23(18)16-29-26(35)22-14-21(33-11-9-32(8-7-28)10-12-33)15-25-24(22)17-30-34(25)20-5-3-4-6-20/h13-15,17,20,23H,3-12,16,28H2,1-2H3,(H,29,35). The minimum atomic E-state index is -0.423. The normalized spacial score (nSPS) is 21.7. The number of aliphatic imine (C=N–C) groups is 1. The molecule has 36 heavy (non-hydrogen) atoms. The van der Waals surface area contributed by atoms with Crippen molar-refractivity contribution in [2.24, 2.45) is 16.6 Å². The minimum Gasteiger partial charge on any atom is -0.369 e. The molecule has 2 aromatic rings. The van der Waals surface area contributed by atoms with Gasteiger partial charge in [0.1, 0.15) is 0 Å². The third-order valence-electron chi connectivity index (χ3n) is 7.84. The van der Waals surface area contributed by atoms with Crippen LogP contribution in [0.1, 0.15) is 55.9 Å². The molecule has 1 aliphatic carbocycles. The maximum Gasteiger partial charge on any atom is 0.254 e. The fourth-order valence-corrected chi connectivity index (χ4v) is 5.80. The zero-order valence-electron chi connectivity index (χ0n) is 21.4. The number of rotatable bonds is 7. The first-order valence-corrected chi connectivity index (χ1v) is 13.2. The van der Waals surface area contributed by atoms with E-state index in [4.69, 9.17) is 10.8 Å². The molecule has 1 aromatic heterocycles. The van der Waals surface area contributed by atoms with Gasteiger partial charge in [-0.25, -0.2) is 4.99 Å². The Morgan fingerprint density at radius 1 is 1.14 bits per heavy atom. The molecule has 2 fully saturated rings. The molecule has 5 rings (SSSR count). The zero-order chi connectivity index (χ0) is 25.2. The summed E-state index contributed by atoms with van der Waals surface area (Å²) in [6.07, 6.45) is 8.41. The van der Waals surface area contributed by atoms with E-state index in [1.54, 1.807) is 0 Å². The van der Waals surface area contributed by atoms with Gasteiger partial charge in [-0.05, 0) is 44.9 Å². The van der Waals surface area contributed by atoms with Crippen LogP contribution in [0.25, 0.3) is 10.9 Å². The molecule has 9 nitrogen and oxygen atoms in total. The number of hydrogen-bond donors (Lipinski definition) is 2. The van der Waals surface area contributed by atoms with E-state index >= 15 is 0 Å². The van der Waals surface area contributed by atoms with Crippen molar-refractivity contribution in [2.45, 2.75) is 45.6 Å². The molecule has 2 aliphatic heterocycles. The fourth-order valence-electron chi connectivity index (χ4n) is 5.80. The second-order valence-electron chi connectivity index (χ2n) is 10.3. The molecule has 3 N–H and O–H groups in total. The van der Waals surface area contributed by atoms with Gasteiger partial charge in [0.05, 0.1) is 29.2 Å². The van der Waals surface area contributed by atoms with Crippen molar-refractivity contribution < 1.29 is 9.59 Å². The number of dihydropyridines is 1. The smallest absolute Gasteiger partial charge is 0.254 e. The van der Waals surface area contributed by atoms with Crippen LogP contribution in [-0.4, -0.2) is 78.0 Å². The number of piperazine rings is 1. The molecular weight excluding hydrogens is 454 g/mol. The topological polar surface area (TPSA) is 109 Å². The summed E-state index contributed by atoms with van der Waals surface area (Å²) in [5, 5.41) is 8.62. The van der Waals surface area contributed by atoms with Gasteiger partial charge in [0.15, 0.2) is 0 Å². The van der Waals surface area contributed by atoms with Crippen LogP contribution in [0.2, 0.25) is 0 Å². The van der Waals surface area contributed by atoms with Crippen molar-refractivity contribution in [1.29, 1.82) is 0 Å². The molecule has 0 bridgehead atoms. The van der Waals surface area contributed by atoms with E-state index < -0.39 is 5.92 Å². The fraction of sp³-hybridized carbons (Fsp3) is 0.556. The molecule has 1 atom stereocenters. The van der Waals surface area contributed by atoms with Crippen LogP contribution in [-0.2, 0) is 4.79 Å². The van der Waals surface area contributed by atoms with Gasteiger partial charge in [0.2, 0.25) is 0 Å². The quantitative estimate of drug-likeness (QED) is 0.616. The Hall–Kier alpha value is -3.04. The van der Waals surface area contributed by atoms with Crippen LogP contribution in [0, 0.1) is 5.92 Å². The number of nitrogens with zero attached hydrogens (tertiary/aromatic N) is 5. The Bertz CT molecular complexity index is 1200. The number of benzene rings is 1. The molecule has 1 saturated heterocycles. The third kappa shape index (κ3) is 4.95. The lowest BCUT2D eigenvalue weighted by Gasteiger charge is -2.36. The first kappa shape index (κ1) is 24.6. The van der Waals surface area contributed by atoms with Gasteiger partial charge >= 0.3 is 0 Å². The average Bonchev–Trinajstić information content (AvgIpc) is 3.53. The number of fused-ring (bicyclic) bond motifs is 1. The monoisotopic (exact) mass is 491 g/mol. The van der Waals surface area contributed by atoms with Gasteiger partial charge in [-0.1, -0.05) is 18.4 Å². The van der Waals surface area contributed by atoms with Crippen molar-refractivity contribution in [3.63, 3.8) is 0 Å². The predicted octanol–water partition coefficient (Wildman–Crippen LogP) is 2.53. The highest BCUT2D eigenvalue weighted by Crippen LogP contribution is 2.34. The number of carbonyl (C=O) groups is 2. The molecule has 0 spiro atoms. The Balaban J connectivity index is 1.43. The van der Waals surface area contributed by atoms with E-state index in [-0.39, 0.29) is 18.4 Å². The SMILES string of the molecule is CC1=CC(C)=NC(=O)C1CNC(=O)c1cc(N2CCN(CCN)CC2)cc2c1cnn2C1CCCC1. The van der Waals surface area contributed by atoms with Gasteiger partial charge in [-0.15, -0.1) is 0 Å². The van der Waals surface area contributed by atoms with E-state index in [1.165, 1.54) is 12.8 Å². The molecule has 1 unspecified atom stereocenters. The zero-order valence-corrected chi connectivity index (χ0v) is 21.4. The summed E-state index contributed by atoms with van der Waals surface area (Å²) in [5.74, 6) is -0.800. The molecular formula is C27H37N7O2. The number of anilines is 1. The largest absolute Gasteiger partial charge is 0.369 e. The summed E-state index contributed by atoms with van der Waals surface area (Å²) in [6.45, 7) is 9.23. The maximum absolute atomic E-state index is 13.5. The molecule has 3 heterocycles. The van der Waals surface area contributed by atoms with Crippen molar-refractivity contribution in [3.05, 3.63) is 35.5 Å². The van der Waals surface area contributed by atoms with E-state index in [0.717, 1.165) is 67.7 Å². The van der Waals surface area contributed by atoms with E-state index in [1.807, 2.05) is 32.2 Å². The van der Waals surface area contributed by atoms with E-state index in [0.29, 0.717) is 23.9 Å². The Labute approximate surface area is 212 Å². The Morgan fingerprint density at radius 3 is 2.58 bits per heavy atom. The van der Waals surface area contributed by atoms with Crippen molar-refractivity contribution in [1.82, 2.24) is 20.0 Å². The molecule has 192 valence electrons. The summed E-state index contributed by atoms with van der Waals surface area (Å²) in [6, 6.07) is 4.57. The summed E-state index contributed by atoms with van der Waals surface area (Å²) in [7, 11) is 0. The molecule has 1 saturated carbocycles. The first-order chi connectivity index (χ1) is 17.4. The van der Waals surface area contributed by atoms with E-state index in [9.17, 15) is 9.59 Å². The summed E-state index contributed by atoms with van der Waals surface area (Å²) in [4.78, 5) is 34.8. The maximum atomic E-state index is 13.5. The van der Waals surface area contributed by atoms with Gasteiger partial charge in [-0.2, -0.15) is 5.10 Å². The second-order valence-corrected chi connectivity index (χ2v) is 10.3. The van der Waals surface area contributed by atoms with Crippen LogP contribution in [0.5, 0.6) is 0 Å². The van der Waals surface area contributed by atoms with Crippen molar-refractivity contribution in [3.8, 4) is 0 Å². The van der Waals surface area contributed by atoms with Crippen LogP contribution in [0.15, 0.2) is 35.0 Å². The Kier molecular flexibility index (Phi) is 7.20. The molecule has 9 heteroatoms. The summed E-state index contributed by atoms with van der Waals surface area (Å²) in [5.41, 5.74) is 10.1. The van der Waals surface area contributed by atoms with E-state index in [2.05, 4.69) is 30.9 Å². The van der Waals surface area contributed by atoms with Crippen molar-refractivity contribution in [2.75, 3.05) is 50.7 Å². The van der Waals surface area contributed by atoms with Crippen LogP contribution in [0.3, 0.4) is 0 Å². The number of allylic oxidation sites excluding steroid dienone is 1. The van der Waals surface area contributed by atoms with Crippen molar-refractivity contribution >= 4 is 34.1 Å². The number of aromatic nitrogens is 2. The van der Waals surface area contributed by atoms with Gasteiger partial charge in [-0.3, -0.25) is 19.2 Å². The number of amides is 2. The lowest BCUT2D eigenvalue weighted by Crippen LogP contribution is -2.47. The lowest BCUT2D eigenvalue weighted by atomic mass is 9.95. The number of nitrogens with two attached hydrogens (primary N) is 1. The Morgan fingerprint density at radius 2 is 1.89 bits per heavy atom. The molecule has 1 aromatic carbocycles. The van der Waals surface area contributed by atoms with Gasteiger partial charge in [0.25, 0.3) is 11.8 Å². The number of nitrogens with one attached hydrogen (secondary N) is 1. The first-order valence-electron chi connectivity index (χ1n) is 13.2. The third-order valence-corrected chi connectivity index (χ3v) is 7.84. The van der Waals surface area contributed by atoms with Gasteiger partial charge in [0, 0.05) is 62.6 Å².